The van der Waals surface area contributed by atoms with E-state index in [1.165, 1.54) is 0 Å². The van der Waals surface area contributed by atoms with Crippen LogP contribution < -0.4 is 0 Å². The van der Waals surface area contributed by atoms with Gasteiger partial charge in [0.2, 0.25) is 0 Å². The lowest BCUT2D eigenvalue weighted by Crippen LogP contribution is -2.35. The summed E-state index contributed by atoms with van der Waals surface area (Å²) in [4.78, 5) is 18.4. The lowest BCUT2D eigenvalue weighted by molar-refractivity contribution is 0.0733. The van der Waals surface area contributed by atoms with Gasteiger partial charge in [-0.25, -0.2) is 0 Å². The van der Waals surface area contributed by atoms with Gasteiger partial charge in [0.25, 0.3) is 5.91 Å². The molecule has 1 aliphatic rings. The highest BCUT2D eigenvalue weighted by molar-refractivity contribution is 5.94. The predicted octanol–water partition coefficient (Wildman–Crippen LogP) is 2.40. The van der Waals surface area contributed by atoms with Gasteiger partial charge in [0.05, 0.1) is 5.56 Å². The van der Waals surface area contributed by atoms with E-state index in [2.05, 4.69) is 11.9 Å². The first-order valence-corrected chi connectivity index (χ1v) is 5.96. The van der Waals surface area contributed by atoms with Crippen molar-refractivity contribution in [3.8, 4) is 0 Å². The molecule has 3 nitrogen and oxygen atoms in total. The molecule has 1 unspecified atom stereocenters. The fourth-order valence-electron chi connectivity index (χ4n) is 2.29. The number of carbonyl (C=O) groups excluding carboxylic acids is 1. The summed E-state index contributed by atoms with van der Waals surface area (Å²) >= 11 is 0. The van der Waals surface area contributed by atoms with Gasteiger partial charge >= 0.3 is 0 Å². The van der Waals surface area contributed by atoms with Crippen molar-refractivity contribution in [2.45, 2.75) is 39.2 Å². The van der Waals surface area contributed by atoms with E-state index in [9.17, 15) is 4.79 Å². The van der Waals surface area contributed by atoms with Crippen molar-refractivity contribution in [3.05, 3.63) is 29.6 Å². The van der Waals surface area contributed by atoms with Crippen molar-refractivity contribution >= 4 is 5.91 Å². The topological polar surface area (TPSA) is 33.2 Å². The number of aromatic nitrogens is 1. The molecule has 1 aromatic heterocycles. The molecular weight excluding hydrogens is 200 g/mol. The van der Waals surface area contributed by atoms with Crippen molar-refractivity contribution in [1.82, 2.24) is 9.88 Å². The maximum Gasteiger partial charge on any atom is 0.255 e. The lowest BCUT2D eigenvalue weighted by Gasteiger charge is -2.23. The minimum Gasteiger partial charge on any atom is -0.336 e. The summed E-state index contributed by atoms with van der Waals surface area (Å²) in [6.45, 7) is 4.97. The highest BCUT2D eigenvalue weighted by Crippen LogP contribution is 2.21. The standard InChI is InChI=1S/C13H18N2O/c1-3-12-5-4-8-15(12)13(16)11-7-6-10(2)14-9-11/h6-7,9,12H,3-5,8H2,1-2H3. The van der Waals surface area contributed by atoms with E-state index in [1.807, 2.05) is 24.0 Å². The maximum absolute atomic E-state index is 12.2. The van der Waals surface area contributed by atoms with Crippen LogP contribution in [0.1, 0.15) is 42.2 Å². The van der Waals surface area contributed by atoms with Crippen LogP contribution in [0.5, 0.6) is 0 Å². The Bertz CT molecular complexity index is 372. The van der Waals surface area contributed by atoms with Gasteiger partial charge in [0, 0.05) is 24.5 Å². The van der Waals surface area contributed by atoms with Gasteiger partial charge in [0.15, 0.2) is 0 Å². The Balaban J connectivity index is 2.15. The predicted molar refractivity (Wildman–Crippen MR) is 63.3 cm³/mol. The number of carbonyl (C=O) groups is 1. The average Bonchev–Trinajstić information content (AvgIpc) is 2.77. The van der Waals surface area contributed by atoms with E-state index < -0.39 is 0 Å². The number of hydrogen-bond acceptors (Lipinski definition) is 2. The number of pyridine rings is 1. The second-order valence-electron chi connectivity index (χ2n) is 4.39. The molecule has 1 amide bonds. The summed E-state index contributed by atoms with van der Waals surface area (Å²) in [5, 5.41) is 0. The third kappa shape index (κ3) is 2.08. The average molecular weight is 218 g/mol. The Morgan fingerprint density at radius 1 is 1.56 bits per heavy atom. The number of rotatable bonds is 2. The number of likely N-dealkylation sites (tertiary alicyclic amines) is 1. The first-order valence-electron chi connectivity index (χ1n) is 5.96. The summed E-state index contributed by atoms with van der Waals surface area (Å²) in [7, 11) is 0. The number of nitrogens with zero attached hydrogens (tertiary/aromatic N) is 2. The fraction of sp³-hybridized carbons (Fsp3) is 0.538. The van der Waals surface area contributed by atoms with Crippen molar-refractivity contribution in [3.63, 3.8) is 0 Å². The Labute approximate surface area is 96.5 Å². The van der Waals surface area contributed by atoms with Crippen molar-refractivity contribution in [2.24, 2.45) is 0 Å². The molecular formula is C13H18N2O. The maximum atomic E-state index is 12.2. The summed E-state index contributed by atoms with van der Waals surface area (Å²) in [5.41, 5.74) is 1.66. The molecule has 1 atom stereocenters. The molecule has 0 aliphatic carbocycles. The normalized spacial score (nSPS) is 20.1. The lowest BCUT2D eigenvalue weighted by atomic mass is 10.1. The highest BCUT2D eigenvalue weighted by atomic mass is 16.2. The first kappa shape index (κ1) is 11.1. The molecule has 2 heterocycles. The molecule has 0 spiro atoms. The molecule has 0 saturated carbocycles. The zero-order chi connectivity index (χ0) is 11.5. The Morgan fingerprint density at radius 2 is 2.38 bits per heavy atom. The summed E-state index contributed by atoms with van der Waals surface area (Å²) in [6, 6.07) is 4.19. The van der Waals surface area contributed by atoms with E-state index in [4.69, 9.17) is 0 Å². The second kappa shape index (κ2) is 4.64. The van der Waals surface area contributed by atoms with E-state index >= 15 is 0 Å². The van der Waals surface area contributed by atoms with E-state index in [-0.39, 0.29) is 5.91 Å². The Hall–Kier alpha value is -1.38. The van der Waals surface area contributed by atoms with Crippen LogP contribution in [0.25, 0.3) is 0 Å². The molecule has 86 valence electrons. The molecule has 0 radical (unpaired) electrons. The van der Waals surface area contributed by atoms with Gasteiger partial charge < -0.3 is 4.90 Å². The van der Waals surface area contributed by atoms with Gasteiger partial charge in [0.1, 0.15) is 0 Å². The molecule has 0 aromatic carbocycles. The number of hydrogen-bond donors (Lipinski definition) is 0. The molecule has 0 bridgehead atoms. The van der Waals surface area contributed by atoms with E-state index in [0.717, 1.165) is 31.5 Å². The Morgan fingerprint density at radius 3 is 3.00 bits per heavy atom. The van der Waals surface area contributed by atoms with Crippen LogP contribution in [-0.2, 0) is 0 Å². The zero-order valence-electron chi connectivity index (χ0n) is 9.94. The summed E-state index contributed by atoms with van der Waals surface area (Å²) in [5.74, 6) is 0.136. The molecule has 2 rings (SSSR count). The van der Waals surface area contributed by atoms with Gasteiger partial charge in [-0.1, -0.05) is 6.92 Å². The SMILES string of the molecule is CCC1CCCN1C(=O)c1ccc(C)nc1. The van der Waals surface area contributed by atoms with Gasteiger partial charge in [-0.3, -0.25) is 9.78 Å². The third-order valence-electron chi connectivity index (χ3n) is 3.27. The number of amides is 1. The van der Waals surface area contributed by atoms with Crippen LogP contribution in [0.2, 0.25) is 0 Å². The summed E-state index contributed by atoms with van der Waals surface area (Å²) in [6.07, 6.45) is 5.00. The van der Waals surface area contributed by atoms with Gasteiger partial charge in [-0.2, -0.15) is 0 Å². The van der Waals surface area contributed by atoms with Gasteiger partial charge in [-0.05, 0) is 38.3 Å². The highest BCUT2D eigenvalue weighted by Gasteiger charge is 2.27. The zero-order valence-corrected chi connectivity index (χ0v) is 9.94. The van der Waals surface area contributed by atoms with Crippen LogP contribution >= 0.6 is 0 Å². The Kier molecular flexibility index (Phi) is 3.22. The molecule has 16 heavy (non-hydrogen) atoms. The molecule has 1 aliphatic heterocycles. The minimum atomic E-state index is 0.136. The van der Waals surface area contributed by atoms with Crippen molar-refractivity contribution < 1.29 is 4.79 Å². The van der Waals surface area contributed by atoms with Crippen molar-refractivity contribution in [2.75, 3.05) is 6.54 Å². The first-order chi connectivity index (χ1) is 7.72. The van der Waals surface area contributed by atoms with Crippen LogP contribution in [0.4, 0.5) is 0 Å². The van der Waals surface area contributed by atoms with Crippen molar-refractivity contribution in [1.29, 1.82) is 0 Å². The monoisotopic (exact) mass is 218 g/mol. The molecule has 0 N–H and O–H groups in total. The molecule has 1 saturated heterocycles. The van der Waals surface area contributed by atoms with Crippen LogP contribution in [0.15, 0.2) is 18.3 Å². The van der Waals surface area contributed by atoms with E-state index in [1.54, 1.807) is 6.20 Å². The largest absolute Gasteiger partial charge is 0.336 e. The minimum absolute atomic E-state index is 0.136. The van der Waals surface area contributed by atoms with Crippen LogP contribution in [0.3, 0.4) is 0 Å². The number of aryl methyl sites for hydroxylation is 1. The second-order valence-corrected chi connectivity index (χ2v) is 4.39. The molecule has 3 heteroatoms. The fourth-order valence-corrected chi connectivity index (χ4v) is 2.29. The van der Waals surface area contributed by atoms with Crippen LogP contribution in [0, 0.1) is 6.92 Å². The smallest absolute Gasteiger partial charge is 0.255 e. The third-order valence-corrected chi connectivity index (χ3v) is 3.27. The molecule has 1 fully saturated rings. The summed E-state index contributed by atoms with van der Waals surface area (Å²) < 4.78 is 0. The molecule has 1 aromatic rings. The van der Waals surface area contributed by atoms with E-state index in [0.29, 0.717) is 11.6 Å². The van der Waals surface area contributed by atoms with Crippen LogP contribution in [-0.4, -0.2) is 28.4 Å². The quantitative estimate of drug-likeness (QED) is 0.763. The van der Waals surface area contributed by atoms with Gasteiger partial charge in [-0.15, -0.1) is 0 Å².